The summed E-state index contributed by atoms with van der Waals surface area (Å²) in [5.41, 5.74) is 4.42. The Morgan fingerprint density at radius 2 is 1.87 bits per heavy atom. The van der Waals surface area contributed by atoms with Crippen molar-refractivity contribution in [1.82, 2.24) is 20.2 Å². The molecule has 3 rings (SSSR count). The van der Waals surface area contributed by atoms with Crippen LogP contribution in [0.25, 0.3) is 0 Å². The number of aryl methyl sites for hydroxylation is 2. The molecule has 1 aliphatic carbocycles. The fraction of sp³-hybridized carbons (Fsp3) is 0.267. The summed E-state index contributed by atoms with van der Waals surface area (Å²) in [6.07, 6.45) is 8.08. The zero-order valence-electron chi connectivity index (χ0n) is 12.3. The summed E-state index contributed by atoms with van der Waals surface area (Å²) < 4.78 is 24.6. The first kappa shape index (κ1) is 15.6. The minimum atomic E-state index is -3.83. The molecule has 0 bridgehead atoms. The molecule has 23 heavy (non-hydrogen) atoms. The topological polar surface area (TPSA) is 101 Å². The maximum Gasteiger partial charge on any atom is 0.286 e. The second-order valence-corrected chi connectivity index (χ2v) is 6.97. The average Bonchev–Trinajstić information content (AvgIpc) is 2.60. The Morgan fingerprint density at radius 3 is 2.61 bits per heavy atom. The van der Waals surface area contributed by atoms with Gasteiger partial charge in [-0.15, -0.1) is 4.83 Å². The lowest BCUT2D eigenvalue weighted by atomic mass is 9.92. The van der Waals surface area contributed by atoms with Crippen LogP contribution < -0.4 is 10.3 Å². The van der Waals surface area contributed by atoms with Crippen LogP contribution in [-0.4, -0.2) is 24.3 Å². The van der Waals surface area contributed by atoms with Crippen LogP contribution in [0.3, 0.4) is 0 Å². The fourth-order valence-corrected chi connectivity index (χ4v) is 3.42. The normalized spacial score (nSPS) is 14.1. The van der Waals surface area contributed by atoms with Crippen LogP contribution in [-0.2, 0) is 22.9 Å². The van der Waals surface area contributed by atoms with E-state index in [9.17, 15) is 13.2 Å². The molecule has 0 unspecified atom stereocenters. The minimum absolute atomic E-state index is 0.0284. The SMILES string of the molecule is O=C(NNS(=O)(=O)c1ccc2c(c1)CCCC2)c1cnccn1. The summed E-state index contributed by atoms with van der Waals surface area (Å²) in [5.74, 6) is -0.667. The van der Waals surface area contributed by atoms with Gasteiger partial charge in [-0.05, 0) is 48.9 Å². The number of carbonyl (C=O) groups is 1. The maximum atomic E-state index is 12.3. The number of sulfonamides is 1. The number of fused-ring (bicyclic) bond motifs is 1. The molecule has 7 nitrogen and oxygen atoms in total. The van der Waals surface area contributed by atoms with Crippen LogP contribution in [0.15, 0.2) is 41.7 Å². The summed E-state index contributed by atoms with van der Waals surface area (Å²) in [7, 11) is -3.83. The molecule has 0 saturated carbocycles. The van der Waals surface area contributed by atoms with Crippen molar-refractivity contribution in [3.63, 3.8) is 0 Å². The van der Waals surface area contributed by atoms with E-state index in [4.69, 9.17) is 0 Å². The van der Waals surface area contributed by atoms with Gasteiger partial charge in [0.05, 0.1) is 11.1 Å². The van der Waals surface area contributed by atoms with Crippen LogP contribution in [0.5, 0.6) is 0 Å². The van der Waals surface area contributed by atoms with E-state index >= 15 is 0 Å². The van der Waals surface area contributed by atoms with Gasteiger partial charge in [0.15, 0.2) is 0 Å². The Balaban J connectivity index is 1.73. The smallest absolute Gasteiger partial charge is 0.272 e. The van der Waals surface area contributed by atoms with Crippen molar-refractivity contribution in [1.29, 1.82) is 0 Å². The summed E-state index contributed by atoms with van der Waals surface area (Å²) in [5, 5.41) is 0. The van der Waals surface area contributed by atoms with E-state index in [-0.39, 0.29) is 10.6 Å². The van der Waals surface area contributed by atoms with Crippen molar-refractivity contribution >= 4 is 15.9 Å². The molecule has 0 spiro atoms. The number of amides is 1. The molecule has 2 aromatic rings. The molecule has 0 aliphatic heterocycles. The first-order valence-electron chi connectivity index (χ1n) is 7.26. The molecule has 2 N–H and O–H groups in total. The first-order chi connectivity index (χ1) is 11.1. The standard InChI is InChI=1S/C15H16N4O3S/c20-15(14-10-16-7-8-17-14)18-19-23(21,22)13-6-5-11-3-1-2-4-12(11)9-13/h5-10,19H,1-4H2,(H,18,20). The largest absolute Gasteiger partial charge is 0.286 e. The van der Waals surface area contributed by atoms with Crippen LogP contribution in [0, 0.1) is 0 Å². The van der Waals surface area contributed by atoms with Crippen molar-refractivity contribution in [2.75, 3.05) is 0 Å². The van der Waals surface area contributed by atoms with E-state index in [0.29, 0.717) is 0 Å². The number of nitrogens with one attached hydrogen (secondary N) is 2. The molecule has 0 radical (unpaired) electrons. The van der Waals surface area contributed by atoms with Gasteiger partial charge in [-0.1, -0.05) is 6.07 Å². The first-order valence-corrected chi connectivity index (χ1v) is 8.74. The summed E-state index contributed by atoms with van der Waals surface area (Å²) in [6.45, 7) is 0. The van der Waals surface area contributed by atoms with Crippen molar-refractivity contribution < 1.29 is 13.2 Å². The second-order valence-electron chi connectivity index (χ2n) is 5.29. The average molecular weight is 332 g/mol. The Kier molecular flexibility index (Phi) is 4.35. The van der Waals surface area contributed by atoms with Gasteiger partial charge in [0.2, 0.25) is 0 Å². The third-order valence-corrected chi connectivity index (χ3v) is 4.97. The zero-order valence-corrected chi connectivity index (χ0v) is 13.1. The number of carbonyl (C=O) groups excluding carboxylic acids is 1. The maximum absolute atomic E-state index is 12.3. The van der Waals surface area contributed by atoms with Gasteiger partial charge >= 0.3 is 0 Å². The zero-order chi connectivity index (χ0) is 16.3. The van der Waals surface area contributed by atoms with Crippen molar-refractivity contribution in [3.8, 4) is 0 Å². The number of aromatic nitrogens is 2. The third-order valence-electron chi connectivity index (χ3n) is 3.73. The summed E-state index contributed by atoms with van der Waals surface area (Å²) >= 11 is 0. The van der Waals surface area contributed by atoms with Crippen LogP contribution in [0.4, 0.5) is 0 Å². The van der Waals surface area contributed by atoms with Crippen molar-refractivity contribution in [3.05, 3.63) is 53.6 Å². The highest BCUT2D eigenvalue weighted by molar-refractivity contribution is 7.89. The van der Waals surface area contributed by atoms with Crippen LogP contribution in [0.2, 0.25) is 0 Å². The van der Waals surface area contributed by atoms with Gasteiger partial charge in [0.25, 0.3) is 15.9 Å². The summed E-state index contributed by atoms with van der Waals surface area (Å²) in [4.78, 5) is 21.6. The lowest BCUT2D eigenvalue weighted by Gasteiger charge is -2.16. The number of rotatable bonds is 4. The quantitative estimate of drug-likeness (QED) is 0.813. The molecule has 1 aliphatic rings. The molecule has 8 heteroatoms. The number of nitrogens with zero attached hydrogens (tertiary/aromatic N) is 2. The number of hydrogen-bond donors (Lipinski definition) is 2. The van der Waals surface area contributed by atoms with E-state index in [1.54, 1.807) is 12.1 Å². The lowest BCUT2D eigenvalue weighted by molar-refractivity contribution is 0.0939. The highest BCUT2D eigenvalue weighted by Gasteiger charge is 2.19. The molecular weight excluding hydrogens is 316 g/mol. The molecule has 120 valence electrons. The predicted molar refractivity (Wildman–Crippen MR) is 82.9 cm³/mol. The van der Waals surface area contributed by atoms with E-state index < -0.39 is 15.9 Å². The Bertz CT molecular complexity index is 822. The number of hydrazine groups is 1. The van der Waals surface area contributed by atoms with Gasteiger partial charge < -0.3 is 0 Å². The van der Waals surface area contributed by atoms with Crippen molar-refractivity contribution in [2.45, 2.75) is 30.6 Å². The molecule has 0 fully saturated rings. The monoisotopic (exact) mass is 332 g/mol. The molecule has 0 saturated heterocycles. The van der Waals surface area contributed by atoms with Crippen LogP contribution >= 0.6 is 0 Å². The third kappa shape index (κ3) is 3.54. The minimum Gasteiger partial charge on any atom is -0.272 e. The van der Waals surface area contributed by atoms with E-state index in [0.717, 1.165) is 31.2 Å². The van der Waals surface area contributed by atoms with Crippen LogP contribution in [0.1, 0.15) is 34.5 Å². The Hall–Kier alpha value is -2.32. The van der Waals surface area contributed by atoms with Gasteiger partial charge in [-0.2, -0.15) is 0 Å². The Labute approximate surface area is 134 Å². The van der Waals surface area contributed by atoms with E-state index in [1.165, 1.54) is 24.2 Å². The fourth-order valence-electron chi connectivity index (χ4n) is 2.53. The second kappa shape index (κ2) is 6.43. The molecule has 0 atom stereocenters. The van der Waals surface area contributed by atoms with E-state index in [1.807, 2.05) is 6.07 Å². The molecule has 1 aromatic carbocycles. The Morgan fingerprint density at radius 1 is 1.09 bits per heavy atom. The van der Waals surface area contributed by atoms with Gasteiger partial charge in [-0.3, -0.25) is 15.2 Å². The molecule has 1 aromatic heterocycles. The number of hydrogen-bond acceptors (Lipinski definition) is 5. The van der Waals surface area contributed by atoms with Gasteiger partial charge in [0, 0.05) is 12.4 Å². The summed E-state index contributed by atoms with van der Waals surface area (Å²) in [6, 6.07) is 5.07. The number of benzene rings is 1. The van der Waals surface area contributed by atoms with Crippen molar-refractivity contribution in [2.24, 2.45) is 0 Å². The lowest BCUT2D eigenvalue weighted by Crippen LogP contribution is -2.41. The molecule has 1 amide bonds. The van der Waals surface area contributed by atoms with Gasteiger partial charge in [0.1, 0.15) is 5.69 Å². The van der Waals surface area contributed by atoms with Gasteiger partial charge in [-0.25, -0.2) is 13.4 Å². The molecular formula is C15H16N4O3S. The van der Waals surface area contributed by atoms with E-state index in [2.05, 4.69) is 20.2 Å². The molecule has 1 heterocycles. The highest BCUT2D eigenvalue weighted by Crippen LogP contribution is 2.23. The highest BCUT2D eigenvalue weighted by atomic mass is 32.2. The predicted octanol–water partition coefficient (Wildman–Crippen LogP) is 0.979.